The first-order valence-corrected chi connectivity index (χ1v) is 4.01. The highest BCUT2D eigenvalue weighted by Gasteiger charge is 1.97. The summed E-state index contributed by atoms with van der Waals surface area (Å²) in [6.07, 6.45) is 2.08. The van der Waals surface area contributed by atoms with Crippen molar-refractivity contribution in [3.05, 3.63) is 0 Å². The quantitative estimate of drug-likeness (QED) is 0.581. The first-order chi connectivity index (χ1) is 3.81. The van der Waals surface area contributed by atoms with Crippen LogP contribution in [0.25, 0.3) is 0 Å². The minimum absolute atomic E-state index is 0.579. The number of hydrogen-bond acceptors (Lipinski definition) is 3. The molecular formula is C5H13NOS. The molecule has 2 nitrogen and oxygen atoms in total. The highest BCUT2D eigenvalue weighted by atomic mass is 32.2. The molecule has 3 heteroatoms. The van der Waals surface area contributed by atoms with Crippen LogP contribution in [-0.4, -0.2) is 18.6 Å². The third-order valence-electron chi connectivity index (χ3n) is 0.832. The predicted molar refractivity (Wildman–Crippen MR) is 37.7 cm³/mol. The highest BCUT2D eigenvalue weighted by molar-refractivity contribution is 7.98. The van der Waals surface area contributed by atoms with Crippen LogP contribution in [0, 0.1) is 5.92 Å². The van der Waals surface area contributed by atoms with Gasteiger partial charge in [0.25, 0.3) is 0 Å². The van der Waals surface area contributed by atoms with Gasteiger partial charge < -0.3 is 4.84 Å². The van der Waals surface area contributed by atoms with Gasteiger partial charge in [0, 0.05) is 0 Å². The van der Waals surface area contributed by atoms with Crippen molar-refractivity contribution in [1.29, 1.82) is 0 Å². The molecule has 0 saturated heterocycles. The van der Waals surface area contributed by atoms with E-state index in [1.165, 1.54) is 0 Å². The van der Waals surface area contributed by atoms with E-state index in [4.69, 9.17) is 5.90 Å². The summed E-state index contributed by atoms with van der Waals surface area (Å²) < 4.78 is 0. The van der Waals surface area contributed by atoms with Crippen LogP contribution in [0.5, 0.6) is 0 Å². The number of nitrogens with two attached hydrogens (primary N) is 1. The Kier molecular flexibility index (Phi) is 5.59. The summed E-state index contributed by atoms with van der Waals surface area (Å²) in [5.74, 6) is 6.55. The Balaban J connectivity index is 2.92. The van der Waals surface area contributed by atoms with Crippen LogP contribution >= 0.6 is 11.8 Å². The molecule has 0 bridgehead atoms. The fourth-order valence-electron chi connectivity index (χ4n) is 0.497. The summed E-state index contributed by atoms with van der Waals surface area (Å²) in [6, 6.07) is 0. The molecule has 0 fully saturated rings. The van der Waals surface area contributed by atoms with Crippen molar-refractivity contribution in [2.45, 2.75) is 6.92 Å². The Labute approximate surface area is 54.7 Å². The van der Waals surface area contributed by atoms with Gasteiger partial charge in [-0.3, -0.25) is 0 Å². The van der Waals surface area contributed by atoms with Crippen molar-refractivity contribution in [2.24, 2.45) is 11.8 Å². The maximum Gasteiger partial charge on any atom is 0.0712 e. The van der Waals surface area contributed by atoms with Gasteiger partial charge in [0.2, 0.25) is 0 Å². The van der Waals surface area contributed by atoms with Crippen LogP contribution in [0.15, 0.2) is 0 Å². The van der Waals surface area contributed by atoms with Crippen LogP contribution in [0.1, 0.15) is 6.92 Å². The van der Waals surface area contributed by atoms with Crippen LogP contribution in [0.4, 0.5) is 0 Å². The van der Waals surface area contributed by atoms with Gasteiger partial charge in [0.1, 0.15) is 0 Å². The van der Waals surface area contributed by atoms with Gasteiger partial charge in [-0.15, -0.1) is 0 Å². The largest absolute Gasteiger partial charge is 0.304 e. The minimum atomic E-state index is 0.579. The van der Waals surface area contributed by atoms with Gasteiger partial charge in [0.05, 0.1) is 6.61 Å². The first-order valence-electron chi connectivity index (χ1n) is 2.62. The highest BCUT2D eigenvalue weighted by Crippen LogP contribution is 2.02. The predicted octanol–water partition coefficient (Wildman–Crippen LogP) is 0.876. The smallest absolute Gasteiger partial charge is 0.0712 e. The summed E-state index contributed by atoms with van der Waals surface area (Å²) in [6.45, 7) is 2.78. The van der Waals surface area contributed by atoms with E-state index in [0.29, 0.717) is 12.5 Å². The van der Waals surface area contributed by atoms with Crippen LogP contribution in [0.3, 0.4) is 0 Å². The molecule has 0 saturated carbocycles. The first kappa shape index (κ1) is 8.27. The van der Waals surface area contributed by atoms with E-state index in [0.717, 1.165) is 5.75 Å². The van der Waals surface area contributed by atoms with E-state index in [1.807, 2.05) is 11.8 Å². The lowest BCUT2D eigenvalue weighted by atomic mass is 10.2. The van der Waals surface area contributed by atoms with Gasteiger partial charge in [-0.05, 0) is 17.9 Å². The lowest BCUT2D eigenvalue weighted by molar-refractivity contribution is 0.114. The molecular weight excluding hydrogens is 122 g/mol. The molecule has 0 aliphatic carbocycles. The number of hydrogen-bond donors (Lipinski definition) is 1. The van der Waals surface area contributed by atoms with E-state index < -0.39 is 0 Å². The second-order valence-electron chi connectivity index (χ2n) is 1.89. The average molecular weight is 135 g/mol. The topological polar surface area (TPSA) is 35.2 Å². The summed E-state index contributed by atoms with van der Waals surface area (Å²) in [7, 11) is 0. The Morgan fingerprint density at radius 1 is 1.75 bits per heavy atom. The van der Waals surface area contributed by atoms with Gasteiger partial charge in [-0.1, -0.05) is 6.92 Å². The van der Waals surface area contributed by atoms with Crippen molar-refractivity contribution in [1.82, 2.24) is 0 Å². The Hall–Kier alpha value is 0.270. The zero-order chi connectivity index (χ0) is 6.41. The fraction of sp³-hybridized carbons (Fsp3) is 1.00. The second-order valence-corrected chi connectivity index (χ2v) is 2.80. The molecule has 8 heavy (non-hydrogen) atoms. The van der Waals surface area contributed by atoms with Crippen molar-refractivity contribution in [2.75, 3.05) is 18.6 Å². The van der Waals surface area contributed by atoms with Crippen LogP contribution in [0.2, 0.25) is 0 Å². The van der Waals surface area contributed by atoms with Crippen molar-refractivity contribution in [3.8, 4) is 0 Å². The molecule has 0 aliphatic heterocycles. The average Bonchev–Trinajstić information content (AvgIpc) is 1.68. The molecule has 0 spiro atoms. The van der Waals surface area contributed by atoms with Crippen LogP contribution in [-0.2, 0) is 4.84 Å². The normalized spacial score (nSPS) is 13.9. The zero-order valence-corrected chi connectivity index (χ0v) is 6.20. The third kappa shape index (κ3) is 4.43. The van der Waals surface area contributed by atoms with E-state index in [9.17, 15) is 0 Å². The molecule has 50 valence electrons. The zero-order valence-electron chi connectivity index (χ0n) is 5.39. The lowest BCUT2D eigenvalue weighted by Crippen LogP contribution is -2.11. The van der Waals surface area contributed by atoms with Gasteiger partial charge in [-0.2, -0.15) is 11.8 Å². The van der Waals surface area contributed by atoms with E-state index in [2.05, 4.69) is 18.0 Å². The number of thioether (sulfide) groups is 1. The van der Waals surface area contributed by atoms with Crippen LogP contribution < -0.4 is 5.90 Å². The van der Waals surface area contributed by atoms with Crippen molar-refractivity contribution in [3.63, 3.8) is 0 Å². The standard InChI is InChI=1S/C5H13NOS/c1-5(3-7-6)4-8-2/h5H,3-4,6H2,1-2H3. The van der Waals surface area contributed by atoms with Gasteiger partial charge in [0.15, 0.2) is 0 Å². The SMILES string of the molecule is CSCC(C)CON. The molecule has 0 aromatic rings. The second kappa shape index (κ2) is 5.41. The minimum Gasteiger partial charge on any atom is -0.304 e. The van der Waals surface area contributed by atoms with Crippen molar-refractivity contribution >= 4 is 11.8 Å². The summed E-state index contributed by atoms with van der Waals surface area (Å²) in [5.41, 5.74) is 0. The maximum absolute atomic E-state index is 4.85. The monoisotopic (exact) mass is 135 g/mol. The van der Waals surface area contributed by atoms with E-state index in [1.54, 1.807) is 0 Å². The fourth-order valence-corrected chi connectivity index (χ4v) is 1.16. The molecule has 1 unspecified atom stereocenters. The Morgan fingerprint density at radius 3 is 2.75 bits per heavy atom. The van der Waals surface area contributed by atoms with E-state index >= 15 is 0 Å². The third-order valence-corrected chi connectivity index (χ3v) is 1.73. The molecule has 0 amide bonds. The van der Waals surface area contributed by atoms with Gasteiger partial charge >= 0.3 is 0 Å². The molecule has 0 aromatic heterocycles. The lowest BCUT2D eigenvalue weighted by Gasteiger charge is -2.05. The maximum atomic E-state index is 4.85. The number of rotatable bonds is 4. The molecule has 1 atom stereocenters. The molecule has 2 N–H and O–H groups in total. The van der Waals surface area contributed by atoms with Crippen molar-refractivity contribution < 1.29 is 4.84 Å². The van der Waals surface area contributed by atoms with Gasteiger partial charge in [-0.25, -0.2) is 5.90 Å². The molecule has 0 radical (unpaired) electrons. The summed E-state index contributed by atoms with van der Waals surface area (Å²) in [5, 5.41) is 0. The summed E-state index contributed by atoms with van der Waals surface area (Å²) >= 11 is 1.81. The summed E-state index contributed by atoms with van der Waals surface area (Å²) in [4.78, 5) is 4.44. The Morgan fingerprint density at radius 2 is 2.38 bits per heavy atom. The van der Waals surface area contributed by atoms with E-state index in [-0.39, 0.29) is 0 Å². The molecule has 0 rings (SSSR count). The molecule has 0 heterocycles. The molecule has 0 aliphatic rings. The molecule has 0 aromatic carbocycles. The Bertz CT molecular complexity index is 45.7.